The van der Waals surface area contributed by atoms with Crippen LogP contribution in [0.2, 0.25) is 0 Å². The Bertz CT molecular complexity index is 405. The summed E-state index contributed by atoms with van der Waals surface area (Å²) in [5.74, 6) is 1.01. The molecular formula is C10H16N6O. The zero-order valence-electron chi connectivity index (χ0n) is 9.54. The number of H-pyrrole nitrogens is 1. The molecule has 1 aliphatic heterocycles. The smallest absolute Gasteiger partial charge is 0.295 e. The molecule has 3 rings (SSSR count). The van der Waals surface area contributed by atoms with E-state index in [2.05, 4.69) is 20.6 Å². The van der Waals surface area contributed by atoms with Crippen molar-refractivity contribution in [3.63, 3.8) is 0 Å². The Morgan fingerprint density at radius 2 is 2.29 bits per heavy atom. The van der Waals surface area contributed by atoms with Gasteiger partial charge in [0.1, 0.15) is 0 Å². The molecule has 2 aliphatic rings. The first-order chi connectivity index (χ1) is 8.25. The van der Waals surface area contributed by atoms with Crippen molar-refractivity contribution in [3.05, 3.63) is 5.82 Å². The summed E-state index contributed by atoms with van der Waals surface area (Å²) in [5.41, 5.74) is 6.11. The minimum absolute atomic E-state index is 0.139. The van der Waals surface area contributed by atoms with Crippen molar-refractivity contribution < 1.29 is 4.79 Å². The number of nitrogens with zero attached hydrogens (tertiary/aromatic N) is 4. The molecule has 0 radical (unpaired) electrons. The number of carbonyl (C=O) groups is 1. The molecule has 0 aromatic carbocycles. The summed E-state index contributed by atoms with van der Waals surface area (Å²) in [4.78, 5) is 13.9. The molecule has 92 valence electrons. The fourth-order valence-corrected chi connectivity index (χ4v) is 3.08. The molecule has 1 saturated heterocycles. The molecule has 1 amide bonds. The van der Waals surface area contributed by atoms with Crippen molar-refractivity contribution >= 4 is 5.91 Å². The van der Waals surface area contributed by atoms with Crippen LogP contribution in [0.4, 0.5) is 0 Å². The summed E-state index contributed by atoms with van der Waals surface area (Å²) in [5, 5.41) is 13.2. The Balaban J connectivity index is 1.73. The first kappa shape index (κ1) is 10.6. The largest absolute Gasteiger partial charge is 0.335 e. The summed E-state index contributed by atoms with van der Waals surface area (Å²) < 4.78 is 0. The van der Waals surface area contributed by atoms with Crippen LogP contribution in [0.3, 0.4) is 0 Å². The normalized spacial score (nSPS) is 32.5. The lowest BCUT2D eigenvalue weighted by Gasteiger charge is -2.29. The van der Waals surface area contributed by atoms with Crippen molar-refractivity contribution in [1.29, 1.82) is 0 Å². The van der Waals surface area contributed by atoms with Gasteiger partial charge in [-0.2, -0.15) is 5.21 Å². The van der Waals surface area contributed by atoms with Gasteiger partial charge >= 0.3 is 0 Å². The third-order valence-electron chi connectivity index (χ3n) is 3.98. The second-order valence-electron chi connectivity index (χ2n) is 4.96. The molecule has 1 aliphatic carbocycles. The predicted molar refractivity (Wildman–Crippen MR) is 58.9 cm³/mol. The van der Waals surface area contributed by atoms with Gasteiger partial charge in [-0.25, -0.2) is 0 Å². The molecule has 3 N–H and O–H groups in total. The average molecular weight is 236 g/mol. The number of tetrazole rings is 1. The van der Waals surface area contributed by atoms with Crippen LogP contribution in [0.25, 0.3) is 0 Å². The van der Waals surface area contributed by atoms with Gasteiger partial charge in [0.15, 0.2) is 0 Å². The molecule has 3 atom stereocenters. The first-order valence-electron chi connectivity index (χ1n) is 6.04. The zero-order valence-corrected chi connectivity index (χ0v) is 9.54. The SMILES string of the molecule is NC1CCCC2CN(C(=O)c3nn[nH]n3)CC12. The van der Waals surface area contributed by atoms with E-state index >= 15 is 0 Å². The second kappa shape index (κ2) is 4.06. The van der Waals surface area contributed by atoms with Crippen LogP contribution in [0.1, 0.15) is 29.9 Å². The minimum atomic E-state index is -0.139. The molecule has 7 heteroatoms. The molecule has 2 heterocycles. The number of likely N-dealkylation sites (tertiary alicyclic amines) is 1. The minimum Gasteiger partial charge on any atom is -0.335 e. The topological polar surface area (TPSA) is 101 Å². The van der Waals surface area contributed by atoms with E-state index in [0.29, 0.717) is 11.8 Å². The molecule has 3 unspecified atom stereocenters. The fraction of sp³-hybridized carbons (Fsp3) is 0.800. The van der Waals surface area contributed by atoms with E-state index in [0.717, 1.165) is 19.5 Å². The lowest BCUT2D eigenvalue weighted by molar-refractivity contribution is 0.0771. The molecule has 0 bridgehead atoms. The number of rotatable bonds is 1. The quantitative estimate of drug-likeness (QED) is 0.678. The van der Waals surface area contributed by atoms with E-state index < -0.39 is 0 Å². The monoisotopic (exact) mass is 236 g/mol. The number of aromatic nitrogens is 4. The molecule has 1 aromatic heterocycles. The van der Waals surface area contributed by atoms with Gasteiger partial charge in [-0.3, -0.25) is 4.79 Å². The second-order valence-corrected chi connectivity index (χ2v) is 4.96. The van der Waals surface area contributed by atoms with E-state index in [-0.39, 0.29) is 17.8 Å². The van der Waals surface area contributed by atoms with Crippen LogP contribution in [0, 0.1) is 11.8 Å². The maximum absolute atomic E-state index is 12.1. The van der Waals surface area contributed by atoms with Crippen molar-refractivity contribution in [2.75, 3.05) is 13.1 Å². The lowest BCUT2D eigenvalue weighted by atomic mass is 9.78. The summed E-state index contributed by atoms with van der Waals surface area (Å²) >= 11 is 0. The summed E-state index contributed by atoms with van der Waals surface area (Å²) in [6.45, 7) is 1.52. The third kappa shape index (κ3) is 1.80. The fourth-order valence-electron chi connectivity index (χ4n) is 3.08. The number of nitrogens with one attached hydrogen (secondary N) is 1. The lowest BCUT2D eigenvalue weighted by Crippen LogP contribution is -2.38. The van der Waals surface area contributed by atoms with Crippen LogP contribution in [-0.4, -0.2) is 50.6 Å². The van der Waals surface area contributed by atoms with E-state index in [1.165, 1.54) is 12.8 Å². The Hall–Kier alpha value is -1.50. The van der Waals surface area contributed by atoms with E-state index in [9.17, 15) is 4.79 Å². The van der Waals surface area contributed by atoms with Gasteiger partial charge in [-0.1, -0.05) is 6.42 Å². The predicted octanol–water partition coefficient (Wildman–Crippen LogP) is -0.601. The maximum Gasteiger partial charge on any atom is 0.295 e. The van der Waals surface area contributed by atoms with Crippen molar-refractivity contribution in [1.82, 2.24) is 25.5 Å². The number of carbonyl (C=O) groups excluding carboxylic acids is 1. The van der Waals surface area contributed by atoms with Gasteiger partial charge in [0.2, 0.25) is 0 Å². The Morgan fingerprint density at radius 1 is 1.41 bits per heavy atom. The third-order valence-corrected chi connectivity index (χ3v) is 3.98. The molecule has 1 saturated carbocycles. The van der Waals surface area contributed by atoms with Crippen molar-refractivity contribution in [3.8, 4) is 0 Å². The highest BCUT2D eigenvalue weighted by atomic mass is 16.2. The van der Waals surface area contributed by atoms with Gasteiger partial charge < -0.3 is 10.6 Å². The van der Waals surface area contributed by atoms with E-state index in [1.54, 1.807) is 0 Å². The number of amides is 1. The van der Waals surface area contributed by atoms with Gasteiger partial charge in [0.05, 0.1) is 0 Å². The van der Waals surface area contributed by atoms with Crippen molar-refractivity contribution in [2.24, 2.45) is 17.6 Å². The van der Waals surface area contributed by atoms with Gasteiger partial charge in [0.25, 0.3) is 11.7 Å². The first-order valence-corrected chi connectivity index (χ1v) is 6.04. The van der Waals surface area contributed by atoms with Crippen LogP contribution >= 0.6 is 0 Å². The highest BCUT2D eigenvalue weighted by Crippen LogP contribution is 2.35. The Labute approximate surface area is 98.7 Å². The van der Waals surface area contributed by atoms with E-state index in [4.69, 9.17) is 5.73 Å². The number of hydrogen-bond donors (Lipinski definition) is 2. The standard InChI is InChI=1S/C10H16N6O/c11-8-3-1-2-6-4-16(5-7(6)8)10(17)9-12-14-15-13-9/h6-8H,1-5,11H2,(H,12,13,14,15). The number of hydrogen-bond acceptors (Lipinski definition) is 5. The molecule has 2 fully saturated rings. The Kier molecular flexibility index (Phi) is 2.54. The molecule has 17 heavy (non-hydrogen) atoms. The summed E-state index contributed by atoms with van der Waals surface area (Å²) in [6.07, 6.45) is 3.42. The highest BCUT2D eigenvalue weighted by molar-refractivity contribution is 5.90. The summed E-state index contributed by atoms with van der Waals surface area (Å²) in [7, 11) is 0. The number of fused-ring (bicyclic) bond motifs is 1. The number of aromatic amines is 1. The molecular weight excluding hydrogens is 220 g/mol. The van der Waals surface area contributed by atoms with Crippen LogP contribution in [0.15, 0.2) is 0 Å². The Morgan fingerprint density at radius 3 is 3.00 bits per heavy atom. The summed E-state index contributed by atoms with van der Waals surface area (Å²) in [6, 6.07) is 0.233. The highest BCUT2D eigenvalue weighted by Gasteiger charge is 2.41. The average Bonchev–Trinajstić information content (AvgIpc) is 2.98. The number of nitrogens with two attached hydrogens (primary N) is 1. The molecule has 1 aromatic rings. The molecule has 0 spiro atoms. The van der Waals surface area contributed by atoms with Crippen LogP contribution in [-0.2, 0) is 0 Å². The molecule has 7 nitrogen and oxygen atoms in total. The van der Waals surface area contributed by atoms with E-state index in [1.807, 2.05) is 4.90 Å². The van der Waals surface area contributed by atoms with Gasteiger partial charge in [-0.15, -0.1) is 10.2 Å². The van der Waals surface area contributed by atoms with Crippen LogP contribution in [0.5, 0.6) is 0 Å². The zero-order chi connectivity index (χ0) is 11.8. The van der Waals surface area contributed by atoms with Crippen molar-refractivity contribution in [2.45, 2.75) is 25.3 Å². The van der Waals surface area contributed by atoms with Crippen LogP contribution < -0.4 is 5.73 Å². The van der Waals surface area contributed by atoms with Gasteiger partial charge in [0, 0.05) is 19.1 Å². The maximum atomic E-state index is 12.1. The van der Waals surface area contributed by atoms with Gasteiger partial charge in [-0.05, 0) is 29.9 Å².